The van der Waals surface area contributed by atoms with E-state index in [4.69, 9.17) is 9.47 Å². The lowest BCUT2D eigenvalue weighted by molar-refractivity contribution is 0.134. The van der Waals surface area contributed by atoms with E-state index in [0.717, 1.165) is 18.2 Å². The number of hydrogen-bond acceptors (Lipinski definition) is 4. The molecular formula is C13H25N3O2. The van der Waals surface area contributed by atoms with Crippen molar-refractivity contribution in [1.29, 1.82) is 0 Å². The van der Waals surface area contributed by atoms with Gasteiger partial charge in [0.05, 0.1) is 24.9 Å². The van der Waals surface area contributed by atoms with E-state index in [1.54, 1.807) is 14.2 Å². The van der Waals surface area contributed by atoms with Gasteiger partial charge >= 0.3 is 0 Å². The molecule has 0 aliphatic carbocycles. The first-order valence-electron chi connectivity index (χ1n) is 6.37. The molecule has 1 unspecified atom stereocenters. The van der Waals surface area contributed by atoms with Crippen LogP contribution < -0.4 is 5.32 Å². The Hall–Kier alpha value is -1.07. The van der Waals surface area contributed by atoms with Crippen molar-refractivity contribution in [3.63, 3.8) is 0 Å². The Morgan fingerprint density at radius 3 is 2.61 bits per heavy atom. The summed E-state index contributed by atoms with van der Waals surface area (Å²) in [7, 11) is 3.43. The van der Waals surface area contributed by atoms with Crippen LogP contribution in [0.1, 0.15) is 25.6 Å². The third-order valence-electron chi connectivity index (χ3n) is 2.91. The summed E-state index contributed by atoms with van der Waals surface area (Å²) in [6.45, 7) is 8.50. The van der Waals surface area contributed by atoms with Crippen molar-refractivity contribution < 1.29 is 9.47 Å². The van der Waals surface area contributed by atoms with Gasteiger partial charge in [0.15, 0.2) is 0 Å². The maximum absolute atomic E-state index is 5.31. The Morgan fingerprint density at radius 2 is 2.06 bits per heavy atom. The van der Waals surface area contributed by atoms with Crippen LogP contribution in [0.15, 0.2) is 6.20 Å². The van der Waals surface area contributed by atoms with Crippen LogP contribution in [0.5, 0.6) is 0 Å². The minimum Gasteiger partial charge on any atom is -0.383 e. The molecule has 0 fully saturated rings. The average Bonchev–Trinajstić information content (AvgIpc) is 2.67. The monoisotopic (exact) mass is 255 g/mol. The molecule has 104 valence electrons. The van der Waals surface area contributed by atoms with E-state index in [1.165, 1.54) is 0 Å². The lowest BCUT2D eigenvalue weighted by Crippen LogP contribution is -2.22. The third-order valence-corrected chi connectivity index (χ3v) is 2.91. The zero-order valence-electron chi connectivity index (χ0n) is 12.1. The summed E-state index contributed by atoms with van der Waals surface area (Å²) in [5, 5.41) is 3.30. The topological polar surface area (TPSA) is 48.3 Å². The molecule has 1 heterocycles. The Bertz CT molecular complexity index is 350. The Kier molecular flexibility index (Phi) is 6.15. The smallest absolute Gasteiger partial charge is 0.203 e. The third kappa shape index (κ3) is 3.99. The second-order valence-electron chi connectivity index (χ2n) is 4.80. The fraction of sp³-hybridized carbons (Fsp3) is 0.769. The number of ether oxygens (including phenoxy) is 2. The predicted molar refractivity (Wildman–Crippen MR) is 73.1 cm³/mol. The highest BCUT2D eigenvalue weighted by Crippen LogP contribution is 2.23. The molecule has 0 bridgehead atoms. The highest BCUT2D eigenvalue weighted by atomic mass is 16.5. The van der Waals surface area contributed by atoms with Gasteiger partial charge in [0.2, 0.25) is 5.95 Å². The van der Waals surface area contributed by atoms with Gasteiger partial charge in [0.25, 0.3) is 0 Å². The van der Waals surface area contributed by atoms with E-state index >= 15 is 0 Å². The first-order chi connectivity index (χ1) is 8.60. The molecule has 0 amide bonds. The van der Waals surface area contributed by atoms with Crippen LogP contribution in [-0.2, 0) is 9.47 Å². The van der Waals surface area contributed by atoms with Crippen molar-refractivity contribution in [2.75, 3.05) is 39.3 Å². The first-order valence-corrected chi connectivity index (χ1v) is 6.37. The van der Waals surface area contributed by atoms with Crippen molar-refractivity contribution in [3.05, 3.63) is 11.9 Å². The van der Waals surface area contributed by atoms with Crippen LogP contribution >= 0.6 is 0 Å². The number of rotatable bonds is 8. The minimum atomic E-state index is 0.293. The normalized spacial score (nSPS) is 13.0. The van der Waals surface area contributed by atoms with Crippen molar-refractivity contribution in [1.82, 2.24) is 9.55 Å². The molecular weight excluding hydrogens is 230 g/mol. The maximum Gasteiger partial charge on any atom is 0.203 e. The number of aryl methyl sites for hydroxylation is 1. The second kappa shape index (κ2) is 7.38. The van der Waals surface area contributed by atoms with Gasteiger partial charge < -0.3 is 19.4 Å². The largest absolute Gasteiger partial charge is 0.383 e. The highest BCUT2D eigenvalue weighted by molar-refractivity contribution is 5.29. The summed E-state index contributed by atoms with van der Waals surface area (Å²) in [5.41, 5.74) is 1.01. The van der Waals surface area contributed by atoms with E-state index in [2.05, 4.69) is 34.9 Å². The van der Waals surface area contributed by atoms with E-state index in [0.29, 0.717) is 25.2 Å². The van der Waals surface area contributed by atoms with Gasteiger partial charge in [-0.1, -0.05) is 13.8 Å². The molecule has 0 spiro atoms. The van der Waals surface area contributed by atoms with E-state index in [9.17, 15) is 0 Å². The van der Waals surface area contributed by atoms with Gasteiger partial charge in [-0.15, -0.1) is 0 Å². The Balaban J connectivity index is 2.84. The predicted octanol–water partition coefficient (Wildman–Crippen LogP) is 2.09. The lowest BCUT2D eigenvalue weighted by Gasteiger charge is -2.23. The fourth-order valence-electron chi connectivity index (χ4n) is 1.93. The molecule has 0 aliphatic rings. The van der Waals surface area contributed by atoms with Crippen LogP contribution in [0.3, 0.4) is 0 Å². The molecule has 1 atom stereocenters. The quantitative estimate of drug-likeness (QED) is 0.723. The van der Waals surface area contributed by atoms with Gasteiger partial charge in [0.1, 0.15) is 0 Å². The molecule has 1 N–H and O–H groups in total. The maximum atomic E-state index is 5.31. The van der Waals surface area contributed by atoms with Gasteiger partial charge in [-0.25, -0.2) is 4.98 Å². The van der Waals surface area contributed by atoms with Gasteiger partial charge in [0, 0.05) is 27.0 Å². The van der Waals surface area contributed by atoms with E-state index in [-0.39, 0.29) is 0 Å². The first kappa shape index (κ1) is 15.0. The van der Waals surface area contributed by atoms with Crippen LogP contribution in [-0.4, -0.2) is 43.5 Å². The number of nitrogens with one attached hydrogen (secondary N) is 1. The van der Waals surface area contributed by atoms with E-state index < -0.39 is 0 Å². The van der Waals surface area contributed by atoms with Crippen molar-refractivity contribution in [3.8, 4) is 0 Å². The van der Waals surface area contributed by atoms with Gasteiger partial charge in [-0.05, 0) is 12.8 Å². The summed E-state index contributed by atoms with van der Waals surface area (Å²) in [5.74, 6) is 1.38. The number of anilines is 1. The average molecular weight is 255 g/mol. The molecule has 0 aromatic carbocycles. The molecule has 1 rings (SSSR count). The Morgan fingerprint density at radius 1 is 1.33 bits per heavy atom. The molecule has 5 heteroatoms. The number of hydrogen-bond donors (Lipinski definition) is 1. The molecule has 0 saturated carbocycles. The zero-order valence-corrected chi connectivity index (χ0v) is 12.1. The second-order valence-corrected chi connectivity index (χ2v) is 4.80. The van der Waals surface area contributed by atoms with Crippen LogP contribution in [0.2, 0.25) is 0 Å². The number of imidazole rings is 1. The van der Waals surface area contributed by atoms with Crippen LogP contribution in [0, 0.1) is 12.8 Å². The van der Waals surface area contributed by atoms with Crippen LogP contribution in [0.25, 0.3) is 0 Å². The summed E-state index contributed by atoms with van der Waals surface area (Å²) < 4.78 is 12.5. The standard InChI is InChI=1S/C13H25N3O2/c1-10(2)12(9-18-5)16-8-11(3)15-13(16)14-6-7-17-4/h8,10,12H,6-7,9H2,1-5H3,(H,14,15). The number of nitrogens with zero attached hydrogens (tertiary/aromatic N) is 2. The van der Waals surface area contributed by atoms with Crippen LogP contribution in [0.4, 0.5) is 5.95 Å². The summed E-state index contributed by atoms with van der Waals surface area (Å²) >= 11 is 0. The zero-order chi connectivity index (χ0) is 13.5. The molecule has 0 saturated heterocycles. The molecule has 18 heavy (non-hydrogen) atoms. The van der Waals surface area contributed by atoms with Gasteiger partial charge in [-0.2, -0.15) is 0 Å². The summed E-state index contributed by atoms with van der Waals surface area (Å²) in [6.07, 6.45) is 2.07. The van der Waals surface area contributed by atoms with E-state index in [1.807, 2.05) is 6.92 Å². The number of methoxy groups -OCH3 is 2. The summed E-state index contributed by atoms with van der Waals surface area (Å²) in [6, 6.07) is 0.293. The van der Waals surface area contributed by atoms with Gasteiger partial charge in [-0.3, -0.25) is 0 Å². The SMILES string of the molecule is COCCNc1nc(C)cn1C(COC)C(C)C. The number of aromatic nitrogens is 2. The summed E-state index contributed by atoms with van der Waals surface area (Å²) in [4.78, 5) is 4.51. The van der Waals surface area contributed by atoms with Crippen molar-refractivity contribution >= 4 is 5.95 Å². The lowest BCUT2D eigenvalue weighted by atomic mass is 10.1. The highest BCUT2D eigenvalue weighted by Gasteiger charge is 2.19. The molecule has 0 aliphatic heterocycles. The fourth-order valence-corrected chi connectivity index (χ4v) is 1.93. The molecule has 5 nitrogen and oxygen atoms in total. The molecule has 1 aromatic rings. The molecule has 1 aromatic heterocycles. The molecule has 0 radical (unpaired) electrons. The van der Waals surface area contributed by atoms with Crippen molar-refractivity contribution in [2.45, 2.75) is 26.8 Å². The van der Waals surface area contributed by atoms with Crippen molar-refractivity contribution in [2.24, 2.45) is 5.92 Å². The Labute approximate surface area is 109 Å². The minimum absolute atomic E-state index is 0.293.